The zero-order chi connectivity index (χ0) is 23.6. The van der Waals surface area contributed by atoms with Gasteiger partial charge in [0.15, 0.2) is 0 Å². The highest BCUT2D eigenvalue weighted by Crippen LogP contribution is 2.31. The first kappa shape index (κ1) is 23.8. The van der Waals surface area contributed by atoms with Crippen LogP contribution in [0.1, 0.15) is 12.5 Å². The van der Waals surface area contributed by atoms with E-state index >= 15 is 0 Å². The number of hydrogen-bond acceptors (Lipinski definition) is 6. The van der Waals surface area contributed by atoms with Gasteiger partial charge in [0, 0.05) is 36.6 Å². The number of anilines is 3. The Hall–Kier alpha value is -3.85. The number of allylic oxidation sites excluding steroid dienone is 1. The fourth-order valence-corrected chi connectivity index (χ4v) is 3.41. The molecule has 1 fully saturated rings. The van der Waals surface area contributed by atoms with E-state index in [9.17, 15) is 8.78 Å². The smallest absolute Gasteiger partial charge is 0.290 e. The van der Waals surface area contributed by atoms with Gasteiger partial charge in [-0.2, -0.15) is 4.98 Å². The normalized spacial score (nSPS) is 13.4. The molecule has 0 aliphatic carbocycles. The van der Waals surface area contributed by atoms with Crippen LogP contribution in [0.2, 0.25) is 0 Å². The standard InChI is InChI=1S/C23H22F2N4O.CH2O2/c1-2-4-16-5-3-6-17(11-16)21-15-26-23(27-20-13-18(24)12-19(25)14-20)28-22(21)29-7-9-30-10-8-29;2-1-3/h2-6,11-15H,7-10H2,1H3,(H,26,27,28);1H,(H,2,3)/b4-2+;. The number of morpholine rings is 1. The number of hydrogen-bond donors (Lipinski definition) is 2. The van der Waals surface area contributed by atoms with E-state index in [2.05, 4.69) is 26.3 Å². The Balaban J connectivity index is 0.000000968. The van der Waals surface area contributed by atoms with Gasteiger partial charge in [-0.1, -0.05) is 30.4 Å². The first-order chi connectivity index (χ1) is 16.0. The van der Waals surface area contributed by atoms with Crippen LogP contribution >= 0.6 is 0 Å². The molecule has 2 heterocycles. The molecule has 0 spiro atoms. The third-order valence-corrected chi connectivity index (χ3v) is 4.75. The van der Waals surface area contributed by atoms with Gasteiger partial charge >= 0.3 is 0 Å². The molecule has 1 saturated heterocycles. The fourth-order valence-electron chi connectivity index (χ4n) is 3.41. The predicted octanol–water partition coefficient (Wildman–Crippen LogP) is 4.74. The molecule has 2 N–H and O–H groups in total. The highest BCUT2D eigenvalue weighted by atomic mass is 19.1. The predicted molar refractivity (Wildman–Crippen MR) is 124 cm³/mol. The summed E-state index contributed by atoms with van der Waals surface area (Å²) < 4.78 is 32.6. The van der Waals surface area contributed by atoms with Gasteiger partial charge in [-0.05, 0) is 36.2 Å². The number of rotatable bonds is 5. The molecule has 0 saturated carbocycles. The SMILES string of the molecule is C/C=C/c1cccc(-c2cnc(Nc3cc(F)cc(F)c3)nc2N2CCOCC2)c1.O=CO. The summed E-state index contributed by atoms with van der Waals surface area (Å²) in [5, 5.41) is 9.79. The lowest BCUT2D eigenvalue weighted by molar-refractivity contribution is -0.122. The molecule has 4 rings (SSSR count). The molecule has 1 aliphatic rings. The van der Waals surface area contributed by atoms with Gasteiger partial charge in [-0.15, -0.1) is 0 Å². The van der Waals surface area contributed by atoms with Crippen molar-refractivity contribution in [2.24, 2.45) is 0 Å². The van der Waals surface area contributed by atoms with Crippen LogP contribution in [0.5, 0.6) is 0 Å². The van der Waals surface area contributed by atoms with Gasteiger partial charge in [0.05, 0.1) is 13.2 Å². The van der Waals surface area contributed by atoms with Gasteiger partial charge in [0.25, 0.3) is 6.47 Å². The van der Waals surface area contributed by atoms with Crippen molar-refractivity contribution in [3.8, 4) is 11.1 Å². The summed E-state index contributed by atoms with van der Waals surface area (Å²) in [5.41, 5.74) is 3.22. The number of aromatic nitrogens is 2. The minimum absolute atomic E-state index is 0.250. The van der Waals surface area contributed by atoms with Gasteiger partial charge in [0.2, 0.25) is 5.95 Å². The third kappa shape index (κ3) is 6.56. The second kappa shape index (κ2) is 11.7. The average Bonchev–Trinajstić information content (AvgIpc) is 2.80. The Labute approximate surface area is 190 Å². The number of ether oxygens (including phenoxy) is 1. The molecular formula is C24H24F2N4O3. The molecule has 0 amide bonds. The minimum atomic E-state index is -0.664. The topological polar surface area (TPSA) is 87.6 Å². The van der Waals surface area contributed by atoms with Gasteiger partial charge in [-0.3, -0.25) is 4.79 Å². The van der Waals surface area contributed by atoms with Crippen molar-refractivity contribution in [2.45, 2.75) is 6.92 Å². The summed E-state index contributed by atoms with van der Waals surface area (Å²) in [5.74, 6) is -0.299. The highest BCUT2D eigenvalue weighted by Gasteiger charge is 2.19. The zero-order valence-corrected chi connectivity index (χ0v) is 18.0. The van der Waals surface area contributed by atoms with E-state index in [-0.39, 0.29) is 18.1 Å². The lowest BCUT2D eigenvalue weighted by Crippen LogP contribution is -2.37. The molecular weight excluding hydrogens is 430 g/mol. The molecule has 2 aromatic carbocycles. The first-order valence-electron chi connectivity index (χ1n) is 10.3. The van der Waals surface area contributed by atoms with Crippen molar-refractivity contribution in [2.75, 3.05) is 36.5 Å². The van der Waals surface area contributed by atoms with Crippen molar-refractivity contribution in [3.05, 3.63) is 71.9 Å². The van der Waals surface area contributed by atoms with Crippen LogP contribution in [0, 0.1) is 11.6 Å². The van der Waals surface area contributed by atoms with Crippen LogP contribution < -0.4 is 10.2 Å². The summed E-state index contributed by atoms with van der Waals surface area (Å²) >= 11 is 0. The Morgan fingerprint density at radius 3 is 2.48 bits per heavy atom. The van der Waals surface area contributed by atoms with Gasteiger partial charge in [0.1, 0.15) is 17.5 Å². The van der Waals surface area contributed by atoms with Crippen molar-refractivity contribution >= 4 is 30.0 Å². The Morgan fingerprint density at radius 2 is 1.82 bits per heavy atom. The summed E-state index contributed by atoms with van der Waals surface area (Å²) in [6.07, 6.45) is 5.77. The lowest BCUT2D eigenvalue weighted by atomic mass is 10.0. The Morgan fingerprint density at radius 1 is 1.12 bits per heavy atom. The van der Waals surface area contributed by atoms with Crippen LogP contribution in [0.4, 0.5) is 26.2 Å². The zero-order valence-electron chi connectivity index (χ0n) is 18.0. The average molecular weight is 454 g/mol. The molecule has 0 bridgehead atoms. The molecule has 0 radical (unpaired) electrons. The minimum Gasteiger partial charge on any atom is -0.483 e. The summed E-state index contributed by atoms with van der Waals surface area (Å²) in [7, 11) is 0. The molecule has 9 heteroatoms. The van der Waals surface area contributed by atoms with E-state index < -0.39 is 11.6 Å². The molecule has 0 unspecified atom stereocenters. The second-order valence-corrected chi connectivity index (χ2v) is 7.04. The Kier molecular flexibility index (Phi) is 8.43. The monoisotopic (exact) mass is 454 g/mol. The third-order valence-electron chi connectivity index (χ3n) is 4.75. The molecule has 3 aromatic rings. The fraction of sp³-hybridized carbons (Fsp3) is 0.208. The van der Waals surface area contributed by atoms with E-state index in [4.69, 9.17) is 14.6 Å². The molecule has 172 valence electrons. The Bertz CT molecular complexity index is 1100. The largest absolute Gasteiger partial charge is 0.483 e. The van der Waals surface area contributed by atoms with Crippen LogP contribution in [0.25, 0.3) is 17.2 Å². The molecule has 7 nitrogen and oxygen atoms in total. The van der Waals surface area contributed by atoms with Crippen LogP contribution in [0.15, 0.2) is 54.7 Å². The van der Waals surface area contributed by atoms with E-state index in [0.29, 0.717) is 26.3 Å². The number of nitrogens with one attached hydrogen (secondary N) is 1. The maximum Gasteiger partial charge on any atom is 0.290 e. The lowest BCUT2D eigenvalue weighted by Gasteiger charge is -2.29. The van der Waals surface area contributed by atoms with E-state index in [1.54, 1.807) is 6.20 Å². The second-order valence-electron chi connectivity index (χ2n) is 7.04. The molecule has 0 atom stereocenters. The van der Waals surface area contributed by atoms with E-state index in [1.807, 2.05) is 37.3 Å². The molecule has 1 aromatic heterocycles. The van der Waals surface area contributed by atoms with Crippen molar-refractivity contribution < 1.29 is 23.4 Å². The van der Waals surface area contributed by atoms with E-state index in [1.165, 1.54) is 12.1 Å². The highest BCUT2D eigenvalue weighted by molar-refractivity contribution is 5.78. The quantitative estimate of drug-likeness (QED) is 0.539. The molecule has 1 aliphatic heterocycles. The maximum atomic E-state index is 13.5. The van der Waals surface area contributed by atoms with E-state index in [0.717, 1.165) is 28.6 Å². The number of benzene rings is 2. The number of halogens is 2. The summed E-state index contributed by atoms with van der Waals surface area (Å²) in [6.45, 7) is 4.35. The number of carboxylic acid groups (broad SMARTS) is 1. The summed E-state index contributed by atoms with van der Waals surface area (Å²) in [4.78, 5) is 19.6. The van der Waals surface area contributed by atoms with Crippen LogP contribution in [-0.4, -0.2) is 47.8 Å². The van der Waals surface area contributed by atoms with Crippen LogP contribution in [-0.2, 0) is 9.53 Å². The van der Waals surface area contributed by atoms with Gasteiger partial charge in [-0.25, -0.2) is 13.8 Å². The maximum absolute atomic E-state index is 13.5. The summed E-state index contributed by atoms with van der Waals surface area (Å²) in [6, 6.07) is 11.4. The van der Waals surface area contributed by atoms with Crippen molar-refractivity contribution in [1.82, 2.24) is 9.97 Å². The van der Waals surface area contributed by atoms with Gasteiger partial charge < -0.3 is 20.1 Å². The number of nitrogens with zero attached hydrogens (tertiary/aromatic N) is 3. The molecule has 33 heavy (non-hydrogen) atoms. The number of carbonyl (C=O) groups is 1. The van der Waals surface area contributed by atoms with Crippen LogP contribution in [0.3, 0.4) is 0 Å². The van der Waals surface area contributed by atoms with Crippen molar-refractivity contribution in [3.63, 3.8) is 0 Å². The van der Waals surface area contributed by atoms with Crippen molar-refractivity contribution in [1.29, 1.82) is 0 Å². The first-order valence-corrected chi connectivity index (χ1v) is 10.3.